The summed E-state index contributed by atoms with van der Waals surface area (Å²) >= 11 is 2.59. The molecule has 0 radical (unpaired) electrons. The maximum absolute atomic E-state index is 13.4. The van der Waals surface area contributed by atoms with E-state index in [9.17, 15) is 46.4 Å². The second kappa shape index (κ2) is 20.9. The number of nitrogens with one attached hydrogen (secondary N) is 2. The lowest BCUT2D eigenvalue weighted by molar-refractivity contribution is -0.133. The summed E-state index contributed by atoms with van der Waals surface area (Å²) < 4.78 is 60.8. The van der Waals surface area contributed by atoms with Crippen LogP contribution in [0.1, 0.15) is 58.9 Å². The highest BCUT2D eigenvalue weighted by Gasteiger charge is 2.55. The van der Waals surface area contributed by atoms with E-state index in [1.807, 2.05) is 0 Å². The molecule has 2 aliphatic heterocycles. The molecule has 4 amide bonds. The van der Waals surface area contributed by atoms with Crippen LogP contribution < -0.4 is 20.4 Å². The van der Waals surface area contributed by atoms with E-state index >= 15 is 0 Å². The monoisotopic (exact) mass is 924 g/mol. The number of carbonyl (C=O) groups is 4. The van der Waals surface area contributed by atoms with E-state index < -0.39 is 41.0 Å². The predicted octanol–water partition coefficient (Wildman–Crippen LogP) is 4.21. The van der Waals surface area contributed by atoms with Gasteiger partial charge >= 0.3 is 0 Å². The lowest BCUT2D eigenvalue weighted by Crippen LogP contribution is -2.58. The first-order chi connectivity index (χ1) is 29.7. The van der Waals surface area contributed by atoms with E-state index in [1.165, 1.54) is 92.0 Å². The average Bonchev–Trinajstić information content (AvgIpc) is 4.05. The van der Waals surface area contributed by atoms with Crippen LogP contribution in [0.25, 0.3) is 0 Å². The molecule has 2 aromatic carbocycles. The number of amides is 4. The first kappa shape index (κ1) is 47.3. The number of piperidine rings is 2. The Morgan fingerprint density at radius 1 is 0.613 bits per heavy atom. The molecule has 2 fully saturated rings. The molecule has 62 heavy (non-hydrogen) atoms. The molecular formula is C42H44N4O12S4. The molecule has 20 heteroatoms. The standard InChI is InChI=1S/2C21H22N2O6S2/c2*1-2-3-14-29-16-6-8-17(9-7-16)31(27,28)21(20(25)22-26)10-12-23(13-11-21)19(24)18-5-4-15-30-18/h2*4-9,15,26H,10-14H2,1H3,(H,22,25). The van der Waals surface area contributed by atoms with Crippen LogP contribution in [0, 0.1) is 23.7 Å². The third kappa shape index (κ3) is 9.97. The van der Waals surface area contributed by atoms with Crippen LogP contribution in [0.3, 0.4) is 0 Å². The highest BCUT2D eigenvalue weighted by atomic mass is 32.2. The molecule has 2 saturated heterocycles. The number of rotatable bonds is 12. The Morgan fingerprint density at radius 3 is 1.23 bits per heavy atom. The zero-order valence-electron chi connectivity index (χ0n) is 33.7. The third-order valence-corrected chi connectivity index (χ3v) is 17.2. The first-order valence-electron chi connectivity index (χ1n) is 19.0. The molecule has 2 aromatic heterocycles. The molecule has 328 valence electrons. The minimum atomic E-state index is -4.17. The van der Waals surface area contributed by atoms with Gasteiger partial charge in [0.25, 0.3) is 23.6 Å². The maximum atomic E-state index is 13.4. The molecule has 16 nitrogen and oxygen atoms in total. The summed E-state index contributed by atoms with van der Waals surface area (Å²) in [6, 6.07) is 18.3. The Kier molecular flexibility index (Phi) is 15.9. The number of thiophene rings is 2. The van der Waals surface area contributed by atoms with Crippen molar-refractivity contribution >= 4 is 66.0 Å². The van der Waals surface area contributed by atoms with Crippen LogP contribution >= 0.6 is 22.7 Å². The van der Waals surface area contributed by atoms with Gasteiger partial charge in [0.05, 0.1) is 19.5 Å². The zero-order valence-corrected chi connectivity index (χ0v) is 36.9. The summed E-state index contributed by atoms with van der Waals surface area (Å²) in [7, 11) is -8.34. The molecular weight excluding hydrogens is 881 g/mol. The van der Waals surface area contributed by atoms with Crippen molar-refractivity contribution in [2.75, 3.05) is 39.4 Å². The normalized spacial score (nSPS) is 15.5. The van der Waals surface area contributed by atoms with Crippen molar-refractivity contribution in [3.05, 3.63) is 93.3 Å². The molecule has 0 spiro atoms. The fourth-order valence-electron chi connectivity index (χ4n) is 6.96. The molecule has 0 saturated carbocycles. The summed E-state index contributed by atoms with van der Waals surface area (Å²) in [5.41, 5.74) is 3.02. The number of benzene rings is 2. The number of nitrogens with zero attached hydrogens (tertiary/aromatic N) is 2. The van der Waals surface area contributed by atoms with Crippen molar-refractivity contribution in [3.8, 4) is 35.2 Å². The van der Waals surface area contributed by atoms with E-state index in [4.69, 9.17) is 9.47 Å². The third-order valence-electron chi connectivity index (χ3n) is 10.5. The highest BCUT2D eigenvalue weighted by molar-refractivity contribution is 7.94. The van der Waals surface area contributed by atoms with Gasteiger partial charge in [-0.2, -0.15) is 0 Å². The lowest BCUT2D eigenvalue weighted by atomic mass is 9.94. The Labute approximate surface area is 367 Å². The van der Waals surface area contributed by atoms with Gasteiger partial charge in [-0.05, 0) is 111 Å². The van der Waals surface area contributed by atoms with E-state index in [-0.39, 0.29) is 86.7 Å². The fraction of sp³-hybridized carbons (Fsp3) is 0.333. The quantitative estimate of drug-likeness (QED) is 0.0891. The molecule has 4 N–H and O–H groups in total. The summed E-state index contributed by atoms with van der Waals surface area (Å²) in [4.78, 5) is 54.3. The van der Waals surface area contributed by atoms with Crippen molar-refractivity contribution in [2.45, 2.75) is 58.8 Å². The molecule has 4 aromatic rings. The van der Waals surface area contributed by atoms with Gasteiger partial charge in [-0.25, -0.2) is 27.8 Å². The van der Waals surface area contributed by atoms with Gasteiger partial charge in [0.2, 0.25) is 0 Å². The Balaban J connectivity index is 0.000000234. The molecule has 0 atom stereocenters. The molecule has 0 bridgehead atoms. The summed E-state index contributed by atoms with van der Waals surface area (Å²) in [5, 5.41) is 22.1. The van der Waals surface area contributed by atoms with Crippen LogP contribution in [0.2, 0.25) is 0 Å². The van der Waals surface area contributed by atoms with Gasteiger partial charge in [0.15, 0.2) is 29.2 Å². The van der Waals surface area contributed by atoms with E-state index in [1.54, 1.807) is 48.9 Å². The number of hydrogen-bond donors (Lipinski definition) is 4. The molecule has 0 unspecified atom stereocenters. The molecule has 4 heterocycles. The van der Waals surface area contributed by atoms with E-state index in [0.717, 1.165) is 0 Å². The highest BCUT2D eigenvalue weighted by Crippen LogP contribution is 2.38. The van der Waals surface area contributed by atoms with Crippen molar-refractivity contribution in [3.63, 3.8) is 0 Å². The summed E-state index contributed by atoms with van der Waals surface area (Å²) in [5.74, 6) is 9.34. The first-order valence-corrected chi connectivity index (χ1v) is 23.7. The van der Waals surface area contributed by atoms with E-state index in [2.05, 4.69) is 23.7 Å². The Hall–Kier alpha value is -5.74. The summed E-state index contributed by atoms with van der Waals surface area (Å²) in [6.07, 6.45) is -0.543. The van der Waals surface area contributed by atoms with Crippen molar-refractivity contribution in [2.24, 2.45) is 0 Å². The second-order valence-corrected chi connectivity index (χ2v) is 20.2. The minimum absolute atomic E-state index is 0.0666. The van der Waals surface area contributed by atoms with Crippen molar-refractivity contribution < 1.29 is 55.9 Å². The smallest absolute Gasteiger partial charge is 0.265 e. The van der Waals surface area contributed by atoms with Gasteiger partial charge < -0.3 is 19.3 Å². The largest absolute Gasteiger partial charge is 0.481 e. The van der Waals surface area contributed by atoms with Crippen molar-refractivity contribution in [1.82, 2.24) is 20.8 Å². The van der Waals surface area contributed by atoms with Gasteiger partial charge in [-0.1, -0.05) is 24.0 Å². The minimum Gasteiger partial charge on any atom is -0.481 e. The number of hydrogen-bond acceptors (Lipinski definition) is 14. The number of sulfone groups is 2. The van der Waals surface area contributed by atoms with Crippen LogP contribution in [0.15, 0.2) is 93.3 Å². The SMILES string of the molecule is CC#CCOc1ccc(S(=O)(=O)C2(C(=O)NO)CCN(C(=O)c3cccs3)CC2)cc1.CC#CCOc1ccc(S(=O)(=O)C2(C(=O)NO)CCN(C(=O)c3cccs3)CC2)cc1. The predicted molar refractivity (Wildman–Crippen MR) is 229 cm³/mol. The molecule has 2 aliphatic rings. The molecule has 6 rings (SSSR count). The summed E-state index contributed by atoms with van der Waals surface area (Å²) in [6.45, 7) is 4.00. The van der Waals surface area contributed by atoms with E-state index in [0.29, 0.717) is 21.3 Å². The van der Waals surface area contributed by atoms with Gasteiger partial charge in [0.1, 0.15) is 24.7 Å². The number of ether oxygens (including phenoxy) is 2. The second-order valence-electron chi connectivity index (χ2n) is 13.8. The van der Waals surface area contributed by atoms with Gasteiger partial charge in [0, 0.05) is 26.2 Å². The average molecular weight is 925 g/mol. The fourth-order valence-corrected chi connectivity index (χ4v) is 12.3. The van der Waals surface area contributed by atoms with Gasteiger partial charge in [-0.15, -0.1) is 34.5 Å². The van der Waals surface area contributed by atoms with Crippen LogP contribution in [-0.4, -0.2) is 110 Å². The number of likely N-dealkylation sites (tertiary alicyclic amines) is 2. The maximum Gasteiger partial charge on any atom is 0.265 e. The number of carbonyl (C=O) groups excluding carboxylic acids is 4. The Bertz CT molecular complexity index is 2360. The number of hydroxylamine groups is 2. The van der Waals surface area contributed by atoms with Crippen LogP contribution in [-0.2, 0) is 29.3 Å². The lowest BCUT2D eigenvalue weighted by Gasteiger charge is -2.39. The molecule has 0 aliphatic carbocycles. The zero-order chi connectivity index (χ0) is 45.0. The van der Waals surface area contributed by atoms with Crippen LogP contribution in [0.5, 0.6) is 11.5 Å². The Morgan fingerprint density at radius 2 is 0.952 bits per heavy atom. The topological polar surface area (TPSA) is 226 Å². The van der Waals surface area contributed by atoms with Crippen LogP contribution in [0.4, 0.5) is 0 Å². The van der Waals surface area contributed by atoms with Gasteiger partial charge in [-0.3, -0.25) is 29.6 Å². The van der Waals surface area contributed by atoms with Crippen molar-refractivity contribution in [1.29, 1.82) is 0 Å².